The van der Waals surface area contributed by atoms with Crippen molar-refractivity contribution in [2.45, 2.75) is 38.7 Å². The van der Waals surface area contributed by atoms with Crippen LogP contribution in [-0.2, 0) is 24.2 Å². The van der Waals surface area contributed by atoms with E-state index in [0.29, 0.717) is 21.7 Å². The first-order chi connectivity index (χ1) is 13.6. The number of aryl methyl sites for hydroxylation is 1. The zero-order chi connectivity index (χ0) is 19.7. The molecule has 0 radical (unpaired) electrons. The van der Waals surface area contributed by atoms with Gasteiger partial charge in [0.15, 0.2) is 5.76 Å². The lowest BCUT2D eigenvalue weighted by atomic mass is 10.1. The summed E-state index contributed by atoms with van der Waals surface area (Å²) in [6, 6.07) is 7.45. The molecule has 3 N–H and O–H groups in total. The Morgan fingerprint density at radius 1 is 1.21 bits per heavy atom. The Balaban J connectivity index is 1.72. The van der Waals surface area contributed by atoms with E-state index in [4.69, 9.17) is 14.9 Å². The molecular weight excluding hydrogens is 376 g/mol. The molecule has 2 heterocycles. The first kappa shape index (κ1) is 18.7. The third-order valence-corrected chi connectivity index (χ3v) is 6.30. The number of ether oxygens (including phenoxy) is 1. The molecule has 0 aliphatic heterocycles. The van der Waals surface area contributed by atoms with Crippen LogP contribution >= 0.6 is 11.3 Å². The normalized spacial score (nSPS) is 13.9. The number of carbonyl (C=O) groups is 2. The van der Waals surface area contributed by atoms with E-state index in [1.54, 1.807) is 7.11 Å². The van der Waals surface area contributed by atoms with Gasteiger partial charge < -0.3 is 20.2 Å². The van der Waals surface area contributed by atoms with Crippen molar-refractivity contribution >= 4 is 39.1 Å². The fourth-order valence-electron chi connectivity index (χ4n) is 3.82. The van der Waals surface area contributed by atoms with Gasteiger partial charge in [-0.05, 0) is 37.3 Å². The number of nitrogens with two attached hydrogens (primary N) is 1. The second kappa shape index (κ2) is 7.77. The van der Waals surface area contributed by atoms with E-state index in [2.05, 4.69) is 5.32 Å². The van der Waals surface area contributed by atoms with Crippen molar-refractivity contribution in [3.05, 3.63) is 51.6 Å². The quantitative estimate of drug-likeness (QED) is 0.628. The maximum absolute atomic E-state index is 13.0. The van der Waals surface area contributed by atoms with Crippen molar-refractivity contribution in [1.82, 2.24) is 0 Å². The summed E-state index contributed by atoms with van der Waals surface area (Å²) in [5.41, 5.74) is 8.41. The van der Waals surface area contributed by atoms with Crippen molar-refractivity contribution < 1.29 is 18.7 Å². The number of carbonyl (C=O) groups excluding carboxylic acids is 2. The minimum Gasteiger partial charge on any atom is -0.451 e. The number of primary amides is 1. The largest absolute Gasteiger partial charge is 0.451 e. The predicted octanol–water partition coefficient (Wildman–Crippen LogP) is 4.26. The topological polar surface area (TPSA) is 94.6 Å². The molecule has 1 aromatic carbocycles. The maximum Gasteiger partial charge on any atom is 0.292 e. The number of fused-ring (bicyclic) bond motifs is 2. The minimum absolute atomic E-state index is 0.196. The summed E-state index contributed by atoms with van der Waals surface area (Å²) in [6.45, 7) is 0.253. The number of rotatable bonds is 5. The Bertz CT molecular complexity index is 1050. The van der Waals surface area contributed by atoms with Crippen LogP contribution in [0.5, 0.6) is 0 Å². The van der Waals surface area contributed by atoms with Crippen molar-refractivity contribution in [2.75, 3.05) is 12.4 Å². The molecule has 146 valence electrons. The zero-order valence-corrected chi connectivity index (χ0v) is 16.5. The molecule has 0 bridgehead atoms. The molecule has 0 saturated heterocycles. The summed E-state index contributed by atoms with van der Waals surface area (Å²) in [4.78, 5) is 26.3. The van der Waals surface area contributed by atoms with E-state index in [0.717, 1.165) is 47.9 Å². The first-order valence-corrected chi connectivity index (χ1v) is 10.2. The second-order valence-electron chi connectivity index (χ2n) is 6.93. The first-order valence-electron chi connectivity index (χ1n) is 9.35. The summed E-state index contributed by atoms with van der Waals surface area (Å²) in [7, 11) is 1.57. The summed E-state index contributed by atoms with van der Waals surface area (Å²) in [6.07, 6.45) is 4.98. The van der Waals surface area contributed by atoms with Gasteiger partial charge in [-0.3, -0.25) is 9.59 Å². The molecule has 0 fully saturated rings. The van der Waals surface area contributed by atoms with Gasteiger partial charge >= 0.3 is 0 Å². The van der Waals surface area contributed by atoms with Crippen LogP contribution in [0.2, 0.25) is 0 Å². The molecule has 3 aromatic rings. The monoisotopic (exact) mass is 398 g/mol. The van der Waals surface area contributed by atoms with Crippen molar-refractivity contribution in [3.63, 3.8) is 0 Å². The van der Waals surface area contributed by atoms with Crippen molar-refractivity contribution in [2.24, 2.45) is 5.73 Å². The third-order valence-electron chi connectivity index (χ3n) is 5.09. The fraction of sp³-hybridized carbons (Fsp3) is 0.333. The number of thiophene rings is 1. The van der Waals surface area contributed by atoms with Gasteiger partial charge in [0.05, 0.1) is 12.2 Å². The van der Waals surface area contributed by atoms with Gasteiger partial charge in [-0.15, -0.1) is 11.3 Å². The van der Waals surface area contributed by atoms with Gasteiger partial charge in [0.2, 0.25) is 0 Å². The average molecular weight is 398 g/mol. The fourth-order valence-corrected chi connectivity index (χ4v) is 5.11. The zero-order valence-electron chi connectivity index (χ0n) is 15.7. The highest BCUT2D eigenvalue weighted by atomic mass is 32.1. The maximum atomic E-state index is 13.0. The van der Waals surface area contributed by atoms with Crippen molar-refractivity contribution in [1.29, 1.82) is 0 Å². The van der Waals surface area contributed by atoms with Gasteiger partial charge in [-0.25, -0.2) is 0 Å². The standard InChI is InChI=1S/C21H22N2O4S/c1-26-11-14-12-7-5-6-9-15(12)27-18(14)20(25)23-21-17(19(22)24)13-8-3-2-4-10-16(13)28-21/h5-7,9H,2-4,8,10-11H2,1H3,(H2,22,24)(H,23,25). The van der Waals surface area contributed by atoms with Gasteiger partial charge in [-0.2, -0.15) is 0 Å². The van der Waals surface area contributed by atoms with Crippen LogP contribution in [0.25, 0.3) is 11.0 Å². The van der Waals surface area contributed by atoms with Gasteiger partial charge in [0, 0.05) is 22.9 Å². The summed E-state index contributed by atoms with van der Waals surface area (Å²) in [5, 5.41) is 4.22. The molecule has 4 rings (SSSR count). The highest BCUT2D eigenvalue weighted by Gasteiger charge is 2.27. The third kappa shape index (κ3) is 3.31. The molecule has 2 aromatic heterocycles. The molecule has 2 amide bonds. The van der Waals surface area contributed by atoms with E-state index in [1.165, 1.54) is 11.3 Å². The molecular formula is C21H22N2O4S. The molecule has 28 heavy (non-hydrogen) atoms. The number of para-hydroxylation sites is 1. The summed E-state index contributed by atoms with van der Waals surface area (Å²) in [5.74, 6) is -0.708. The van der Waals surface area contributed by atoms with Crippen LogP contribution in [0.1, 0.15) is 56.2 Å². The Morgan fingerprint density at radius 3 is 2.79 bits per heavy atom. The number of benzene rings is 1. The van der Waals surface area contributed by atoms with Crippen LogP contribution in [-0.4, -0.2) is 18.9 Å². The van der Waals surface area contributed by atoms with Crippen LogP contribution in [0.15, 0.2) is 28.7 Å². The van der Waals surface area contributed by atoms with Crippen LogP contribution < -0.4 is 11.1 Å². The lowest BCUT2D eigenvalue weighted by molar-refractivity contribution is 0.0992. The van der Waals surface area contributed by atoms with E-state index in [-0.39, 0.29) is 12.4 Å². The molecule has 1 aliphatic rings. The number of hydrogen-bond acceptors (Lipinski definition) is 5. The summed E-state index contributed by atoms with van der Waals surface area (Å²) >= 11 is 1.45. The van der Waals surface area contributed by atoms with E-state index in [1.807, 2.05) is 24.3 Å². The van der Waals surface area contributed by atoms with Crippen LogP contribution in [0.3, 0.4) is 0 Å². The molecule has 0 saturated carbocycles. The smallest absolute Gasteiger partial charge is 0.292 e. The SMILES string of the molecule is COCc1c(C(=O)Nc2sc3c(c2C(N)=O)CCCCC3)oc2ccccc12. The lowest BCUT2D eigenvalue weighted by Gasteiger charge is -2.06. The number of amides is 2. The van der Waals surface area contributed by atoms with E-state index >= 15 is 0 Å². The number of nitrogens with one attached hydrogen (secondary N) is 1. The van der Waals surface area contributed by atoms with Crippen LogP contribution in [0.4, 0.5) is 5.00 Å². The second-order valence-corrected chi connectivity index (χ2v) is 8.03. The Hall–Kier alpha value is -2.64. The predicted molar refractivity (Wildman–Crippen MR) is 109 cm³/mol. The van der Waals surface area contributed by atoms with Gasteiger partial charge in [0.1, 0.15) is 10.6 Å². The molecule has 1 aliphatic carbocycles. The summed E-state index contributed by atoms with van der Waals surface area (Å²) < 4.78 is 11.1. The minimum atomic E-state index is -0.503. The molecule has 0 spiro atoms. The Kier molecular flexibility index (Phi) is 5.19. The Morgan fingerprint density at radius 2 is 2.00 bits per heavy atom. The lowest BCUT2D eigenvalue weighted by Crippen LogP contribution is -2.18. The molecule has 0 unspecified atom stereocenters. The average Bonchev–Trinajstić information content (AvgIpc) is 3.12. The van der Waals surface area contributed by atoms with Gasteiger partial charge in [-0.1, -0.05) is 24.6 Å². The highest BCUT2D eigenvalue weighted by molar-refractivity contribution is 7.17. The Labute approximate surface area is 166 Å². The number of furan rings is 1. The number of anilines is 1. The highest BCUT2D eigenvalue weighted by Crippen LogP contribution is 2.38. The van der Waals surface area contributed by atoms with Gasteiger partial charge in [0.25, 0.3) is 11.8 Å². The van der Waals surface area contributed by atoms with E-state index < -0.39 is 11.8 Å². The number of hydrogen-bond donors (Lipinski definition) is 2. The van der Waals surface area contributed by atoms with Crippen molar-refractivity contribution in [3.8, 4) is 0 Å². The van der Waals surface area contributed by atoms with Crippen LogP contribution in [0, 0.1) is 0 Å². The number of methoxy groups -OCH3 is 1. The molecule has 6 nitrogen and oxygen atoms in total. The molecule has 0 atom stereocenters. The van der Waals surface area contributed by atoms with E-state index in [9.17, 15) is 9.59 Å². The molecule has 7 heteroatoms.